The molecule has 0 fully saturated rings. The van der Waals surface area contributed by atoms with Crippen molar-refractivity contribution in [1.82, 2.24) is 4.98 Å². The van der Waals surface area contributed by atoms with Gasteiger partial charge in [-0.2, -0.15) is 0 Å². The molecule has 1 unspecified atom stereocenters. The molecular weight excluding hydrogens is 206 g/mol. The first kappa shape index (κ1) is 9.06. The average Bonchev–Trinajstić information content (AvgIpc) is 2.73. The molecule has 4 rings (SSSR count). The second kappa shape index (κ2) is 3.24. The van der Waals surface area contributed by atoms with Crippen LogP contribution in [-0.2, 0) is 6.42 Å². The van der Waals surface area contributed by atoms with Gasteiger partial charge < -0.3 is 4.98 Å². The van der Waals surface area contributed by atoms with E-state index in [9.17, 15) is 0 Å². The number of benzene rings is 1. The van der Waals surface area contributed by atoms with Crippen molar-refractivity contribution in [2.45, 2.75) is 6.42 Å². The van der Waals surface area contributed by atoms with Crippen LogP contribution in [0.1, 0.15) is 11.3 Å². The molecular formula is C16H13N. The largest absolute Gasteiger partial charge is 0.358 e. The molecule has 1 N–H and O–H groups in total. The quantitative estimate of drug-likeness (QED) is 0.692. The summed E-state index contributed by atoms with van der Waals surface area (Å²) in [6.07, 6.45) is 12.2. The lowest BCUT2D eigenvalue weighted by molar-refractivity contribution is 0.745. The number of aromatic nitrogens is 1. The maximum Gasteiger partial charge on any atom is 0.0462 e. The van der Waals surface area contributed by atoms with E-state index in [1.807, 2.05) is 0 Å². The van der Waals surface area contributed by atoms with Gasteiger partial charge in [-0.15, -0.1) is 0 Å². The van der Waals surface area contributed by atoms with Crippen LogP contribution >= 0.6 is 0 Å². The van der Waals surface area contributed by atoms with Crippen LogP contribution in [0.2, 0.25) is 0 Å². The molecule has 17 heavy (non-hydrogen) atoms. The van der Waals surface area contributed by atoms with Gasteiger partial charge in [0.1, 0.15) is 0 Å². The Kier molecular flexibility index (Phi) is 1.72. The number of hydrogen-bond donors (Lipinski definition) is 1. The summed E-state index contributed by atoms with van der Waals surface area (Å²) in [7, 11) is 0. The summed E-state index contributed by atoms with van der Waals surface area (Å²) in [5, 5.41) is 1.34. The number of allylic oxidation sites excluding steroid dienone is 5. The van der Waals surface area contributed by atoms with Crippen LogP contribution in [0.15, 0.2) is 54.1 Å². The van der Waals surface area contributed by atoms with Gasteiger partial charge in [-0.05, 0) is 24.1 Å². The van der Waals surface area contributed by atoms with Gasteiger partial charge in [-0.3, -0.25) is 0 Å². The molecule has 1 aromatic heterocycles. The topological polar surface area (TPSA) is 15.8 Å². The molecule has 1 heteroatoms. The predicted octanol–water partition coefficient (Wildman–Crippen LogP) is 3.85. The maximum atomic E-state index is 3.55. The Morgan fingerprint density at radius 3 is 3.06 bits per heavy atom. The van der Waals surface area contributed by atoms with Gasteiger partial charge >= 0.3 is 0 Å². The van der Waals surface area contributed by atoms with Crippen LogP contribution in [0.4, 0.5) is 0 Å². The first-order valence-electron chi connectivity index (χ1n) is 6.08. The van der Waals surface area contributed by atoms with Gasteiger partial charge in [-0.1, -0.05) is 42.5 Å². The molecule has 1 heterocycles. The van der Waals surface area contributed by atoms with E-state index < -0.39 is 0 Å². The molecule has 0 radical (unpaired) electrons. The maximum absolute atomic E-state index is 3.55. The van der Waals surface area contributed by atoms with Crippen molar-refractivity contribution in [1.29, 1.82) is 0 Å². The highest BCUT2D eigenvalue weighted by Crippen LogP contribution is 2.35. The van der Waals surface area contributed by atoms with Crippen molar-refractivity contribution < 1.29 is 0 Å². The molecule has 1 nitrogen and oxygen atoms in total. The Hall–Kier alpha value is -2.02. The van der Waals surface area contributed by atoms with Crippen LogP contribution in [0, 0.1) is 5.92 Å². The van der Waals surface area contributed by atoms with Crippen molar-refractivity contribution in [3.63, 3.8) is 0 Å². The van der Waals surface area contributed by atoms with Gasteiger partial charge in [0.15, 0.2) is 0 Å². The third-order valence-electron chi connectivity index (χ3n) is 3.73. The monoisotopic (exact) mass is 219 g/mol. The molecule has 2 aliphatic carbocycles. The van der Waals surface area contributed by atoms with Gasteiger partial charge in [0.05, 0.1) is 0 Å². The van der Waals surface area contributed by atoms with Crippen LogP contribution in [0.3, 0.4) is 0 Å². The van der Waals surface area contributed by atoms with Gasteiger partial charge in [0.25, 0.3) is 0 Å². The van der Waals surface area contributed by atoms with E-state index in [-0.39, 0.29) is 0 Å². The van der Waals surface area contributed by atoms with E-state index >= 15 is 0 Å². The summed E-state index contributed by atoms with van der Waals surface area (Å²) in [5.41, 5.74) is 5.44. The van der Waals surface area contributed by atoms with E-state index in [4.69, 9.17) is 0 Å². The van der Waals surface area contributed by atoms with Gasteiger partial charge in [0.2, 0.25) is 0 Å². The van der Waals surface area contributed by atoms with E-state index in [0.717, 1.165) is 6.42 Å². The zero-order valence-corrected chi connectivity index (χ0v) is 9.48. The fourth-order valence-corrected chi connectivity index (χ4v) is 2.87. The number of para-hydroxylation sites is 1. The molecule has 82 valence electrons. The Labute approximate surface area is 100 Å². The van der Waals surface area contributed by atoms with Crippen LogP contribution in [0.25, 0.3) is 17.0 Å². The van der Waals surface area contributed by atoms with Crippen molar-refractivity contribution in [2.24, 2.45) is 5.92 Å². The van der Waals surface area contributed by atoms with E-state index in [1.165, 1.54) is 27.7 Å². The minimum Gasteiger partial charge on any atom is -0.358 e. The van der Waals surface area contributed by atoms with Gasteiger partial charge in [0, 0.05) is 28.1 Å². The third-order valence-corrected chi connectivity index (χ3v) is 3.73. The fourth-order valence-electron chi connectivity index (χ4n) is 2.87. The number of nitrogens with one attached hydrogen (secondary N) is 1. The lowest BCUT2D eigenvalue weighted by Gasteiger charge is -2.21. The van der Waals surface area contributed by atoms with Crippen LogP contribution < -0.4 is 0 Å². The Morgan fingerprint density at radius 2 is 2.06 bits per heavy atom. The summed E-state index contributed by atoms with van der Waals surface area (Å²) in [6.45, 7) is 0. The highest BCUT2D eigenvalue weighted by molar-refractivity contribution is 5.92. The van der Waals surface area contributed by atoms with Crippen LogP contribution in [-0.4, -0.2) is 4.98 Å². The SMILES string of the molecule is C1=CC2=Cc3c([nH]c4ccccc34)CC2C=C1. The molecule has 1 aromatic carbocycles. The normalized spacial score (nSPS) is 21.2. The standard InChI is InChI=1S/C16H13N/c1-2-6-12-10-16-14(9-11(12)5-1)13-7-3-4-8-15(13)17-16/h1-9,12,17H,10H2. The van der Waals surface area contributed by atoms with Crippen molar-refractivity contribution in [2.75, 3.05) is 0 Å². The average molecular weight is 219 g/mol. The number of hydrogen-bond acceptors (Lipinski definition) is 0. The lowest BCUT2D eigenvalue weighted by atomic mass is 9.84. The molecule has 2 aliphatic rings. The van der Waals surface area contributed by atoms with Crippen molar-refractivity contribution in [3.8, 4) is 0 Å². The first-order chi connectivity index (χ1) is 8.42. The van der Waals surface area contributed by atoms with Crippen molar-refractivity contribution >= 4 is 17.0 Å². The molecule has 1 atom stereocenters. The number of fused-ring (bicyclic) bond motifs is 4. The number of rotatable bonds is 0. The van der Waals surface area contributed by atoms with E-state index in [2.05, 4.69) is 59.6 Å². The molecule has 0 aliphatic heterocycles. The van der Waals surface area contributed by atoms with Crippen LogP contribution in [0.5, 0.6) is 0 Å². The summed E-state index contributed by atoms with van der Waals surface area (Å²) in [5.74, 6) is 0.556. The Morgan fingerprint density at radius 1 is 1.12 bits per heavy atom. The second-order valence-electron chi connectivity index (χ2n) is 4.76. The Balaban J connectivity index is 1.99. The second-order valence-corrected chi connectivity index (χ2v) is 4.76. The molecule has 2 aromatic rings. The summed E-state index contributed by atoms with van der Waals surface area (Å²) in [6, 6.07) is 8.55. The lowest BCUT2D eigenvalue weighted by Crippen LogP contribution is -2.10. The van der Waals surface area contributed by atoms with Gasteiger partial charge in [-0.25, -0.2) is 0 Å². The zero-order chi connectivity index (χ0) is 11.2. The highest BCUT2D eigenvalue weighted by Gasteiger charge is 2.21. The zero-order valence-electron chi connectivity index (χ0n) is 9.48. The minimum absolute atomic E-state index is 0.556. The highest BCUT2D eigenvalue weighted by atomic mass is 14.7. The smallest absolute Gasteiger partial charge is 0.0462 e. The molecule has 0 amide bonds. The summed E-state index contributed by atoms with van der Waals surface area (Å²) < 4.78 is 0. The third kappa shape index (κ3) is 1.26. The molecule has 0 saturated heterocycles. The molecule has 0 spiro atoms. The fraction of sp³-hybridized carbons (Fsp3) is 0.125. The molecule has 0 bridgehead atoms. The van der Waals surface area contributed by atoms with Crippen molar-refractivity contribution in [3.05, 3.63) is 65.4 Å². The number of H-pyrrole nitrogens is 1. The number of aromatic amines is 1. The summed E-state index contributed by atoms with van der Waals surface area (Å²) in [4.78, 5) is 3.55. The Bertz CT molecular complexity index is 683. The van der Waals surface area contributed by atoms with E-state index in [1.54, 1.807) is 0 Å². The summed E-state index contributed by atoms with van der Waals surface area (Å²) >= 11 is 0. The molecule has 0 saturated carbocycles. The van der Waals surface area contributed by atoms with E-state index in [0.29, 0.717) is 5.92 Å². The minimum atomic E-state index is 0.556. The first-order valence-corrected chi connectivity index (χ1v) is 6.08. The predicted molar refractivity (Wildman–Crippen MR) is 71.7 cm³/mol.